The molecule has 3 nitrogen and oxygen atoms in total. The summed E-state index contributed by atoms with van der Waals surface area (Å²) in [7, 11) is 0. The summed E-state index contributed by atoms with van der Waals surface area (Å²) in [5, 5.41) is 0.722. The van der Waals surface area contributed by atoms with Crippen molar-refractivity contribution in [3.63, 3.8) is 0 Å². The summed E-state index contributed by atoms with van der Waals surface area (Å²) in [5.41, 5.74) is 2.86. The highest BCUT2D eigenvalue weighted by Crippen LogP contribution is 2.32. The predicted molar refractivity (Wildman–Crippen MR) is 87.5 cm³/mol. The van der Waals surface area contributed by atoms with E-state index in [1.165, 1.54) is 0 Å². The number of H-pyrrole nitrogens is 1. The van der Waals surface area contributed by atoms with Gasteiger partial charge in [-0.3, -0.25) is 0 Å². The molecule has 0 spiro atoms. The van der Waals surface area contributed by atoms with Crippen LogP contribution in [0.2, 0.25) is 5.02 Å². The molecule has 0 aliphatic carbocycles. The van der Waals surface area contributed by atoms with Crippen LogP contribution < -0.4 is 4.74 Å². The molecule has 0 aliphatic rings. The maximum Gasteiger partial charge on any atom is 0.129 e. The third kappa shape index (κ3) is 3.46. The zero-order chi connectivity index (χ0) is 14.7. The zero-order valence-electron chi connectivity index (χ0n) is 11.0. The van der Waals surface area contributed by atoms with Crippen LogP contribution >= 0.6 is 27.5 Å². The van der Waals surface area contributed by atoms with E-state index in [4.69, 9.17) is 16.3 Å². The summed E-state index contributed by atoms with van der Waals surface area (Å²) in [5.74, 6) is 0.792. The van der Waals surface area contributed by atoms with Crippen molar-refractivity contribution in [2.75, 3.05) is 0 Å². The molecule has 3 rings (SSSR count). The van der Waals surface area contributed by atoms with Crippen molar-refractivity contribution in [2.24, 2.45) is 0 Å². The lowest BCUT2D eigenvalue weighted by atomic mass is 10.1. The molecule has 0 aliphatic heterocycles. The lowest BCUT2D eigenvalue weighted by molar-refractivity contribution is 0.307. The molecule has 1 aromatic heterocycles. The van der Waals surface area contributed by atoms with Gasteiger partial charge in [0.15, 0.2) is 0 Å². The Hall–Kier alpha value is -1.78. The number of rotatable bonds is 4. The number of hydrogen-bond donors (Lipinski definition) is 1. The zero-order valence-corrected chi connectivity index (χ0v) is 13.4. The molecule has 1 N–H and O–H groups in total. The highest BCUT2D eigenvalue weighted by Gasteiger charge is 2.09. The molecule has 0 radical (unpaired) electrons. The van der Waals surface area contributed by atoms with E-state index in [0.717, 1.165) is 32.1 Å². The second-order valence-corrected chi connectivity index (χ2v) is 5.86. The number of halogens is 2. The van der Waals surface area contributed by atoms with Crippen molar-refractivity contribution in [3.05, 3.63) is 70.0 Å². The molecule has 0 amide bonds. The van der Waals surface area contributed by atoms with E-state index in [0.29, 0.717) is 6.61 Å². The standard InChI is InChI=1S/C16H12BrClN2O/c17-12-3-6-16(14(7-12)15-8-19-10-20-15)21-9-11-1-4-13(18)5-2-11/h1-8,10H,9H2,(H,19,20). The average Bonchev–Trinajstić information content (AvgIpc) is 3.02. The molecule has 0 fully saturated rings. The van der Waals surface area contributed by atoms with Gasteiger partial charge in [0.25, 0.3) is 0 Å². The Balaban J connectivity index is 1.83. The Bertz CT molecular complexity index is 727. The number of nitrogens with zero attached hydrogens (tertiary/aromatic N) is 1. The number of hydrogen-bond acceptors (Lipinski definition) is 2. The number of aromatic amines is 1. The molecule has 0 unspecified atom stereocenters. The van der Waals surface area contributed by atoms with Gasteiger partial charge in [-0.15, -0.1) is 0 Å². The predicted octanol–water partition coefficient (Wildman–Crippen LogP) is 5.07. The third-order valence-electron chi connectivity index (χ3n) is 3.02. The van der Waals surface area contributed by atoms with Crippen molar-refractivity contribution in [2.45, 2.75) is 6.61 Å². The number of aromatic nitrogens is 2. The first-order valence-electron chi connectivity index (χ1n) is 6.38. The van der Waals surface area contributed by atoms with E-state index >= 15 is 0 Å². The molecule has 21 heavy (non-hydrogen) atoms. The Morgan fingerprint density at radius 3 is 2.67 bits per heavy atom. The minimum atomic E-state index is 0.482. The van der Waals surface area contributed by atoms with Crippen molar-refractivity contribution < 1.29 is 4.74 Å². The van der Waals surface area contributed by atoms with Gasteiger partial charge in [0.05, 0.1) is 12.0 Å². The van der Waals surface area contributed by atoms with Gasteiger partial charge in [-0.25, -0.2) is 4.98 Å². The van der Waals surface area contributed by atoms with E-state index in [9.17, 15) is 0 Å². The second-order valence-electron chi connectivity index (χ2n) is 4.51. The van der Waals surface area contributed by atoms with Crippen molar-refractivity contribution in [1.82, 2.24) is 9.97 Å². The van der Waals surface area contributed by atoms with Crippen LogP contribution in [-0.4, -0.2) is 9.97 Å². The largest absolute Gasteiger partial charge is 0.488 e. The first kappa shape index (κ1) is 14.2. The van der Waals surface area contributed by atoms with Crippen LogP contribution in [0, 0.1) is 0 Å². The summed E-state index contributed by atoms with van der Waals surface area (Å²) in [6.45, 7) is 0.482. The van der Waals surface area contributed by atoms with E-state index in [1.807, 2.05) is 48.7 Å². The molecule has 0 bridgehead atoms. The summed E-state index contributed by atoms with van der Waals surface area (Å²) in [6, 6.07) is 13.5. The van der Waals surface area contributed by atoms with Gasteiger partial charge in [-0.05, 0) is 35.9 Å². The molecular weight excluding hydrogens is 352 g/mol. The van der Waals surface area contributed by atoms with Crippen LogP contribution in [0.25, 0.3) is 11.3 Å². The first-order chi connectivity index (χ1) is 10.2. The molecular formula is C16H12BrClN2O. The molecule has 5 heteroatoms. The molecule has 3 aromatic rings. The van der Waals surface area contributed by atoms with Gasteiger partial charge in [0, 0.05) is 21.3 Å². The van der Waals surface area contributed by atoms with Crippen LogP contribution in [0.4, 0.5) is 0 Å². The first-order valence-corrected chi connectivity index (χ1v) is 7.55. The summed E-state index contributed by atoms with van der Waals surface area (Å²) < 4.78 is 6.91. The van der Waals surface area contributed by atoms with Crippen molar-refractivity contribution in [1.29, 1.82) is 0 Å². The minimum absolute atomic E-state index is 0.482. The van der Waals surface area contributed by atoms with Gasteiger partial charge < -0.3 is 9.72 Å². The normalized spacial score (nSPS) is 10.6. The topological polar surface area (TPSA) is 37.9 Å². The lowest BCUT2D eigenvalue weighted by Crippen LogP contribution is -1.97. The monoisotopic (exact) mass is 362 g/mol. The Morgan fingerprint density at radius 1 is 1.14 bits per heavy atom. The van der Waals surface area contributed by atoms with E-state index in [1.54, 1.807) is 6.33 Å². The van der Waals surface area contributed by atoms with Crippen LogP contribution in [0.15, 0.2) is 59.5 Å². The Morgan fingerprint density at radius 2 is 1.95 bits per heavy atom. The van der Waals surface area contributed by atoms with Crippen LogP contribution in [0.1, 0.15) is 5.56 Å². The van der Waals surface area contributed by atoms with E-state index in [-0.39, 0.29) is 0 Å². The molecule has 0 atom stereocenters. The highest BCUT2D eigenvalue weighted by atomic mass is 79.9. The molecule has 0 saturated heterocycles. The van der Waals surface area contributed by atoms with Crippen molar-refractivity contribution >= 4 is 27.5 Å². The van der Waals surface area contributed by atoms with Crippen LogP contribution in [0.3, 0.4) is 0 Å². The van der Waals surface area contributed by atoms with E-state index < -0.39 is 0 Å². The maximum absolute atomic E-state index is 5.92. The number of ether oxygens (including phenoxy) is 1. The quantitative estimate of drug-likeness (QED) is 0.702. The summed E-state index contributed by atoms with van der Waals surface area (Å²) in [4.78, 5) is 7.24. The van der Waals surface area contributed by atoms with Gasteiger partial charge in [-0.1, -0.05) is 39.7 Å². The molecule has 1 heterocycles. The maximum atomic E-state index is 5.92. The molecule has 2 aromatic carbocycles. The SMILES string of the molecule is Clc1ccc(COc2ccc(Br)cc2-c2c[nH]cn2)cc1. The van der Waals surface area contributed by atoms with Crippen LogP contribution in [-0.2, 0) is 6.61 Å². The summed E-state index contributed by atoms with van der Waals surface area (Å²) in [6.07, 6.45) is 3.50. The second kappa shape index (κ2) is 6.33. The minimum Gasteiger partial charge on any atom is -0.488 e. The van der Waals surface area contributed by atoms with Crippen molar-refractivity contribution in [3.8, 4) is 17.0 Å². The number of benzene rings is 2. The van der Waals surface area contributed by atoms with Gasteiger partial charge in [0.1, 0.15) is 12.4 Å². The lowest BCUT2D eigenvalue weighted by Gasteiger charge is -2.11. The van der Waals surface area contributed by atoms with Gasteiger partial charge >= 0.3 is 0 Å². The number of imidazole rings is 1. The third-order valence-corrected chi connectivity index (χ3v) is 3.77. The fourth-order valence-corrected chi connectivity index (χ4v) is 2.46. The molecule has 106 valence electrons. The van der Waals surface area contributed by atoms with Crippen LogP contribution in [0.5, 0.6) is 5.75 Å². The number of nitrogens with one attached hydrogen (secondary N) is 1. The molecule has 0 saturated carbocycles. The highest BCUT2D eigenvalue weighted by molar-refractivity contribution is 9.10. The van der Waals surface area contributed by atoms with E-state index in [2.05, 4.69) is 25.9 Å². The summed E-state index contributed by atoms with van der Waals surface area (Å²) >= 11 is 9.36. The Labute approximate surface area is 136 Å². The van der Waals surface area contributed by atoms with Gasteiger partial charge in [0.2, 0.25) is 0 Å². The fourth-order valence-electron chi connectivity index (χ4n) is 1.98. The Kier molecular flexibility index (Phi) is 4.27. The average molecular weight is 364 g/mol. The fraction of sp³-hybridized carbons (Fsp3) is 0.0625. The smallest absolute Gasteiger partial charge is 0.129 e. The van der Waals surface area contributed by atoms with Gasteiger partial charge in [-0.2, -0.15) is 0 Å².